The number of aliphatic hydroxyl groups is 1. The molecule has 130 valence electrons. The van der Waals surface area contributed by atoms with Gasteiger partial charge in [0.2, 0.25) is 0 Å². The molecule has 9 heteroatoms. The lowest BCUT2D eigenvalue weighted by atomic mass is 10.2. The highest BCUT2D eigenvalue weighted by Gasteiger charge is 2.30. The van der Waals surface area contributed by atoms with Gasteiger partial charge in [0.05, 0.1) is 5.56 Å². The van der Waals surface area contributed by atoms with E-state index in [1.54, 1.807) is 6.92 Å². The van der Waals surface area contributed by atoms with Gasteiger partial charge in [-0.05, 0) is 31.2 Å². The fraction of sp³-hybridized carbons (Fsp3) is 0.333. The largest absolute Gasteiger partial charge is 0.491 e. The summed E-state index contributed by atoms with van der Waals surface area (Å²) in [6, 6.07) is 5.53. The Balaban J connectivity index is 1.76. The normalized spacial score (nSPS) is 12.7. The average Bonchev–Trinajstić information content (AvgIpc) is 2.96. The predicted octanol–water partition coefficient (Wildman–Crippen LogP) is 2.17. The van der Waals surface area contributed by atoms with Crippen molar-refractivity contribution in [1.29, 1.82) is 0 Å². The van der Waals surface area contributed by atoms with Crippen molar-refractivity contribution in [3.63, 3.8) is 0 Å². The number of nitrogens with zero attached hydrogens (tertiary/aromatic N) is 1. The van der Waals surface area contributed by atoms with Gasteiger partial charge in [0.25, 0.3) is 5.91 Å². The van der Waals surface area contributed by atoms with E-state index in [0.717, 1.165) is 24.3 Å². The summed E-state index contributed by atoms with van der Waals surface area (Å²) in [6.07, 6.45) is -5.45. The number of carbonyl (C=O) groups excluding carboxylic acids is 1. The van der Waals surface area contributed by atoms with E-state index in [2.05, 4.69) is 10.5 Å². The van der Waals surface area contributed by atoms with Gasteiger partial charge < -0.3 is 19.7 Å². The van der Waals surface area contributed by atoms with Gasteiger partial charge in [0.1, 0.15) is 24.2 Å². The average molecular weight is 344 g/mol. The van der Waals surface area contributed by atoms with Crippen LogP contribution in [-0.4, -0.2) is 35.4 Å². The quantitative estimate of drug-likeness (QED) is 0.839. The highest BCUT2D eigenvalue weighted by Crippen LogP contribution is 2.30. The van der Waals surface area contributed by atoms with Crippen LogP contribution in [0.4, 0.5) is 13.2 Å². The second kappa shape index (κ2) is 7.35. The number of benzene rings is 1. The van der Waals surface area contributed by atoms with Gasteiger partial charge in [-0.1, -0.05) is 5.16 Å². The summed E-state index contributed by atoms with van der Waals surface area (Å²) in [6.45, 7) is 1.34. The van der Waals surface area contributed by atoms with Crippen molar-refractivity contribution >= 4 is 5.91 Å². The number of hydrogen-bond donors (Lipinski definition) is 2. The Bertz CT molecular complexity index is 683. The molecule has 1 amide bonds. The van der Waals surface area contributed by atoms with E-state index in [9.17, 15) is 23.1 Å². The van der Waals surface area contributed by atoms with Crippen molar-refractivity contribution in [2.24, 2.45) is 0 Å². The van der Waals surface area contributed by atoms with E-state index in [1.165, 1.54) is 6.07 Å². The summed E-state index contributed by atoms with van der Waals surface area (Å²) in [5.41, 5.74) is -0.700. The molecule has 0 aliphatic carbocycles. The number of aromatic nitrogens is 1. The Kier molecular flexibility index (Phi) is 5.45. The van der Waals surface area contributed by atoms with Crippen LogP contribution >= 0.6 is 0 Å². The summed E-state index contributed by atoms with van der Waals surface area (Å²) in [5.74, 6) is 0.146. The first-order valence-corrected chi connectivity index (χ1v) is 6.95. The van der Waals surface area contributed by atoms with Crippen LogP contribution in [0.2, 0.25) is 0 Å². The summed E-state index contributed by atoms with van der Waals surface area (Å²) in [5, 5.41) is 15.7. The molecule has 0 aliphatic heterocycles. The third-order valence-electron chi connectivity index (χ3n) is 2.98. The zero-order chi connectivity index (χ0) is 17.7. The smallest absolute Gasteiger partial charge is 0.416 e. The molecule has 0 aliphatic rings. The molecule has 1 aromatic carbocycles. The molecule has 2 rings (SSSR count). The van der Waals surface area contributed by atoms with Gasteiger partial charge >= 0.3 is 6.18 Å². The Labute approximate surface area is 135 Å². The lowest BCUT2D eigenvalue weighted by Gasteiger charge is -2.13. The number of aliphatic hydroxyl groups excluding tert-OH is 1. The number of hydrogen-bond acceptors (Lipinski definition) is 5. The maximum atomic E-state index is 12.4. The number of amides is 1. The number of aryl methyl sites for hydroxylation is 1. The number of nitrogens with one attached hydrogen (secondary N) is 1. The minimum absolute atomic E-state index is 0.0864. The molecule has 0 spiro atoms. The van der Waals surface area contributed by atoms with Crippen molar-refractivity contribution in [1.82, 2.24) is 10.5 Å². The molecule has 6 nitrogen and oxygen atoms in total. The molecule has 2 aromatic rings. The van der Waals surface area contributed by atoms with Crippen LogP contribution < -0.4 is 10.1 Å². The zero-order valence-electron chi connectivity index (χ0n) is 12.6. The SMILES string of the molecule is Cc1cc(C(=O)NC[C@H](O)COc2ccc(C(F)(F)F)cc2)no1. The molecule has 1 aromatic heterocycles. The summed E-state index contributed by atoms with van der Waals surface area (Å²) < 4.78 is 47.2. The van der Waals surface area contributed by atoms with Crippen LogP contribution in [0.15, 0.2) is 34.9 Å². The molecule has 0 saturated carbocycles. The number of halogens is 3. The third-order valence-corrected chi connectivity index (χ3v) is 2.98. The molecular weight excluding hydrogens is 329 g/mol. The zero-order valence-corrected chi connectivity index (χ0v) is 12.6. The molecular formula is C15H15F3N2O4. The summed E-state index contributed by atoms with van der Waals surface area (Å²) in [7, 11) is 0. The van der Waals surface area contributed by atoms with Crippen LogP contribution in [0.25, 0.3) is 0 Å². The number of carbonyl (C=O) groups is 1. The molecule has 0 unspecified atom stereocenters. The first kappa shape index (κ1) is 17.8. The predicted molar refractivity (Wildman–Crippen MR) is 76.5 cm³/mol. The van der Waals surface area contributed by atoms with Crippen LogP contribution in [0.3, 0.4) is 0 Å². The van der Waals surface area contributed by atoms with Crippen molar-refractivity contribution < 1.29 is 32.3 Å². The molecule has 2 N–H and O–H groups in total. The number of alkyl halides is 3. The maximum Gasteiger partial charge on any atom is 0.416 e. The van der Waals surface area contributed by atoms with Crippen molar-refractivity contribution in [2.45, 2.75) is 19.2 Å². The molecule has 0 fully saturated rings. The molecule has 1 heterocycles. The van der Waals surface area contributed by atoms with Crippen molar-refractivity contribution in [3.05, 3.63) is 47.3 Å². The number of ether oxygens (including phenoxy) is 1. The molecule has 0 bridgehead atoms. The highest BCUT2D eigenvalue weighted by atomic mass is 19.4. The Morgan fingerprint density at radius 1 is 1.38 bits per heavy atom. The van der Waals surface area contributed by atoms with E-state index in [-0.39, 0.29) is 24.6 Å². The Morgan fingerprint density at radius 2 is 2.04 bits per heavy atom. The summed E-state index contributed by atoms with van der Waals surface area (Å²) >= 11 is 0. The van der Waals surface area contributed by atoms with Gasteiger partial charge in [0, 0.05) is 12.6 Å². The fourth-order valence-electron chi connectivity index (χ4n) is 1.77. The highest BCUT2D eigenvalue weighted by molar-refractivity contribution is 5.92. The van der Waals surface area contributed by atoms with Gasteiger partial charge in [-0.25, -0.2) is 0 Å². The lowest BCUT2D eigenvalue weighted by Crippen LogP contribution is -2.35. The first-order chi connectivity index (χ1) is 11.3. The topological polar surface area (TPSA) is 84.6 Å². The van der Waals surface area contributed by atoms with Crippen LogP contribution in [0.5, 0.6) is 5.75 Å². The van der Waals surface area contributed by atoms with Gasteiger partial charge in [-0.2, -0.15) is 13.2 Å². The van der Waals surface area contributed by atoms with Gasteiger partial charge in [-0.15, -0.1) is 0 Å². The van der Waals surface area contributed by atoms with E-state index < -0.39 is 23.8 Å². The monoisotopic (exact) mass is 344 g/mol. The second-order valence-corrected chi connectivity index (χ2v) is 5.02. The van der Waals surface area contributed by atoms with Crippen LogP contribution in [-0.2, 0) is 6.18 Å². The molecule has 0 radical (unpaired) electrons. The first-order valence-electron chi connectivity index (χ1n) is 6.95. The maximum absolute atomic E-state index is 12.4. The fourth-order valence-corrected chi connectivity index (χ4v) is 1.77. The Morgan fingerprint density at radius 3 is 2.58 bits per heavy atom. The molecule has 1 atom stereocenters. The minimum Gasteiger partial charge on any atom is -0.491 e. The lowest BCUT2D eigenvalue weighted by molar-refractivity contribution is -0.137. The van der Waals surface area contributed by atoms with Crippen molar-refractivity contribution in [2.75, 3.05) is 13.2 Å². The van der Waals surface area contributed by atoms with Crippen LogP contribution in [0.1, 0.15) is 21.8 Å². The molecule has 24 heavy (non-hydrogen) atoms. The van der Waals surface area contributed by atoms with E-state index in [4.69, 9.17) is 9.26 Å². The van der Waals surface area contributed by atoms with E-state index >= 15 is 0 Å². The van der Waals surface area contributed by atoms with Gasteiger partial charge in [0.15, 0.2) is 5.69 Å². The minimum atomic E-state index is -4.41. The van der Waals surface area contributed by atoms with E-state index in [0.29, 0.717) is 5.76 Å². The van der Waals surface area contributed by atoms with E-state index in [1.807, 2.05) is 0 Å². The van der Waals surface area contributed by atoms with Crippen LogP contribution in [0, 0.1) is 6.92 Å². The second-order valence-electron chi connectivity index (χ2n) is 5.02. The summed E-state index contributed by atoms with van der Waals surface area (Å²) in [4.78, 5) is 11.7. The standard InChI is InChI=1S/C15H15F3N2O4/c1-9-6-13(20-24-9)14(22)19-7-11(21)8-23-12-4-2-10(3-5-12)15(16,17)18/h2-6,11,21H,7-8H2,1H3,(H,19,22)/t11-/m0/s1. The Hall–Kier alpha value is -2.55. The molecule has 0 saturated heterocycles. The third kappa shape index (κ3) is 4.98. The number of rotatable bonds is 6. The van der Waals surface area contributed by atoms with Gasteiger partial charge in [-0.3, -0.25) is 4.79 Å². The van der Waals surface area contributed by atoms with Crippen molar-refractivity contribution in [3.8, 4) is 5.75 Å².